The molecule has 0 saturated carbocycles. The monoisotopic (exact) mass is 385 g/mol. The van der Waals surface area contributed by atoms with Crippen molar-refractivity contribution in [1.29, 1.82) is 0 Å². The van der Waals surface area contributed by atoms with Gasteiger partial charge in [0.2, 0.25) is 5.91 Å². The molecule has 0 bridgehead atoms. The number of nitrogens with zero attached hydrogens (tertiary/aromatic N) is 2. The second-order valence-electron chi connectivity index (χ2n) is 6.33. The molecule has 0 radical (unpaired) electrons. The molecule has 8 heteroatoms. The number of rotatable bonds is 4. The van der Waals surface area contributed by atoms with Crippen LogP contribution in [0.2, 0.25) is 0 Å². The lowest BCUT2D eigenvalue weighted by Gasteiger charge is -2.23. The molecule has 0 spiro atoms. The fourth-order valence-electron chi connectivity index (χ4n) is 2.86. The highest BCUT2D eigenvalue weighted by Crippen LogP contribution is 2.25. The Morgan fingerprint density at radius 2 is 2.00 bits per heavy atom. The highest BCUT2D eigenvalue weighted by atomic mass is 32.2. The number of carboxylic acid groups (broad SMARTS) is 1. The van der Waals surface area contributed by atoms with Crippen molar-refractivity contribution >= 4 is 35.2 Å². The normalized spacial score (nSPS) is 16.2. The molecule has 0 aliphatic carbocycles. The minimum Gasteiger partial charge on any atom is -0.478 e. The first-order chi connectivity index (χ1) is 12.9. The van der Waals surface area contributed by atoms with E-state index < -0.39 is 17.9 Å². The summed E-state index contributed by atoms with van der Waals surface area (Å²) in [6, 6.07) is 7.64. The van der Waals surface area contributed by atoms with Crippen molar-refractivity contribution < 1.29 is 19.5 Å². The lowest BCUT2D eigenvalue weighted by atomic mass is 10.1. The number of hydrogen-bond donors (Lipinski definition) is 2. The third-order valence-corrected chi connectivity index (χ3v) is 5.32. The molecule has 1 aliphatic heterocycles. The van der Waals surface area contributed by atoms with Crippen LogP contribution in [0.5, 0.6) is 0 Å². The van der Waals surface area contributed by atoms with Gasteiger partial charge in [0.25, 0.3) is 5.91 Å². The Kier molecular flexibility index (Phi) is 5.46. The Bertz CT molecular complexity index is 916. The number of benzene rings is 1. The third kappa shape index (κ3) is 4.11. The van der Waals surface area contributed by atoms with E-state index >= 15 is 0 Å². The molecule has 2 heterocycles. The van der Waals surface area contributed by atoms with E-state index in [1.165, 1.54) is 35.0 Å². The van der Waals surface area contributed by atoms with E-state index in [9.17, 15) is 14.4 Å². The zero-order chi connectivity index (χ0) is 19.6. The summed E-state index contributed by atoms with van der Waals surface area (Å²) in [5.74, 6) is -1.03. The Labute approximate surface area is 160 Å². The van der Waals surface area contributed by atoms with Crippen LogP contribution in [0.25, 0.3) is 0 Å². The molecule has 1 aromatic heterocycles. The van der Waals surface area contributed by atoms with Gasteiger partial charge in [-0.2, -0.15) is 0 Å². The number of hydrogen-bond acceptors (Lipinski definition) is 5. The van der Waals surface area contributed by atoms with Crippen molar-refractivity contribution in [2.45, 2.75) is 19.9 Å². The summed E-state index contributed by atoms with van der Waals surface area (Å²) in [5, 5.41) is 12.0. The van der Waals surface area contributed by atoms with Crippen LogP contribution in [-0.4, -0.2) is 50.4 Å². The van der Waals surface area contributed by atoms with Gasteiger partial charge in [-0.3, -0.25) is 14.6 Å². The highest BCUT2D eigenvalue weighted by Gasteiger charge is 2.36. The van der Waals surface area contributed by atoms with Crippen LogP contribution in [0.3, 0.4) is 0 Å². The van der Waals surface area contributed by atoms with Crippen molar-refractivity contribution in [3.05, 3.63) is 58.9 Å². The molecular formula is C19H19N3O4S. The number of pyridine rings is 1. The van der Waals surface area contributed by atoms with E-state index in [-0.39, 0.29) is 17.2 Å². The number of aryl methyl sites for hydroxylation is 2. The standard InChI is InChI=1S/C19H19N3O4S/c1-11-3-4-14(12(2)7-11)21-17(23)16-9-27-10-22(16)18(24)15-8-13(19(25)26)5-6-20-15/h3-8,16H,9-10H2,1-2H3,(H,21,23)(H,25,26). The predicted molar refractivity (Wildman–Crippen MR) is 103 cm³/mol. The smallest absolute Gasteiger partial charge is 0.335 e. The van der Waals surface area contributed by atoms with Gasteiger partial charge in [0.05, 0.1) is 11.4 Å². The van der Waals surface area contributed by atoms with Crippen molar-refractivity contribution in [1.82, 2.24) is 9.88 Å². The zero-order valence-corrected chi connectivity index (χ0v) is 15.7. The van der Waals surface area contributed by atoms with E-state index in [0.717, 1.165) is 11.1 Å². The van der Waals surface area contributed by atoms with Gasteiger partial charge >= 0.3 is 5.97 Å². The predicted octanol–water partition coefficient (Wildman–Crippen LogP) is 2.55. The van der Waals surface area contributed by atoms with Crippen LogP contribution < -0.4 is 5.32 Å². The molecule has 1 atom stereocenters. The van der Waals surface area contributed by atoms with Gasteiger partial charge < -0.3 is 15.3 Å². The van der Waals surface area contributed by atoms with Gasteiger partial charge in [-0.15, -0.1) is 11.8 Å². The summed E-state index contributed by atoms with van der Waals surface area (Å²) >= 11 is 1.47. The van der Waals surface area contributed by atoms with Gasteiger partial charge in [0.15, 0.2) is 0 Å². The van der Waals surface area contributed by atoms with E-state index in [4.69, 9.17) is 5.11 Å². The summed E-state index contributed by atoms with van der Waals surface area (Å²) < 4.78 is 0. The second kappa shape index (κ2) is 7.79. The molecule has 1 unspecified atom stereocenters. The Balaban J connectivity index is 1.78. The second-order valence-corrected chi connectivity index (χ2v) is 7.33. The van der Waals surface area contributed by atoms with E-state index in [1.54, 1.807) is 0 Å². The fourth-order valence-corrected chi connectivity index (χ4v) is 4.01. The van der Waals surface area contributed by atoms with Crippen LogP contribution in [-0.2, 0) is 4.79 Å². The maximum atomic E-state index is 12.8. The largest absolute Gasteiger partial charge is 0.478 e. The van der Waals surface area contributed by atoms with Gasteiger partial charge in [-0.05, 0) is 37.6 Å². The summed E-state index contributed by atoms with van der Waals surface area (Å²) in [7, 11) is 0. The molecule has 140 valence electrons. The van der Waals surface area contributed by atoms with Crippen molar-refractivity contribution in [3.63, 3.8) is 0 Å². The lowest BCUT2D eigenvalue weighted by Crippen LogP contribution is -2.44. The first kappa shape index (κ1) is 18.9. The lowest BCUT2D eigenvalue weighted by molar-refractivity contribution is -0.119. The van der Waals surface area contributed by atoms with E-state index in [1.807, 2.05) is 32.0 Å². The topological polar surface area (TPSA) is 99.6 Å². The number of carboxylic acids is 1. The summed E-state index contributed by atoms with van der Waals surface area (Å²) in [6.45, 7) is 3.89. The molecule has 1 fully saturated rings. The van der Waals surface area contributed by atoms with E-state index in [0.29, 0.717) is 17.3 Å². The number of carbonyl (C=O) groups is 3. The third-order valence-electron chi connectivity index (χ3n) is 4.31. The van der Waals surface area contributed by atoms with Crippen LogP contribution in [0.1, 0.15) is 32.0 Å². The summed E-state index contributed by atoms with van der Waals surface area (Å²) in [4.78, 5) is 42.0. The molecule has 3 rings (SSSR count). The van der Waals surface area contributed by atoms with Gasteiger partial charge in [0, 0.05) is 17.6 Å². The maximum absolute atomic E-state index is 12.8. The van der Waals surface area contributed by atoms with Crippen LogP contribution in [0, 0.1) is 13.8 Å². The SMILES string of the molecule is Cc1ccc(NC(=O)C2CSCN2C(=O)c2cc(C(=O)O)ccn2)c(C)c1. The number of thioether (sulfide) groups is 1. The average molecular weight is 385 g/mol. The number of amides is 2. The Hall–Kier alpha value is -2.87. The minimum absolute atomic E-state index is 0.0155. The number of anilines is 1. The number of aromatic carboxylic acids is 1. The first-order valence-corrected chi connectivity index (χ1v) is 9.48. The van der Waals surface area contributed by atoms with Crippen LogP contribution in [0.4, 0.5) is 5.69 Å². The van der Waals surface area contributed by atoms with Gasteiger partial charge in [-0.1, -0.05) is 17.7 Å². The quantitative estimate of drug-likeness (QED) is 0.839. The van der Waals surface area contributed by atoms with Crippen LogP contribution in [0.15, 0.2) is 36.5 Å². The number of nitrogens with one attached hydrogen (secondary N) is 1. The molecule has 27 heavy (non-hydrogen) atoms. The Morgan fingerprint density at radius 1 is 1.22 bits per heavy atom. The molecule has 2 aromatic rings. The molecule has 1 aliphatic rings. The molecule has 7 nitrogen and oxygen atoms in total. The fraction of sp³-hybridized carbons (Fsp3) is 0.263. The van der Waals surface area contributed by atoms with Crippen molar-refractivity contribution in [3.8, 4) is 0 Å². The van der Waals surface area contributed by atoms with Gasteiger partial charge in [-0.25, -0.2) is 4.79 Å². The zero-order valence-electron chi connectivity index (χ0n) is 14.9. The highest BCUT2D eigenvalue weighted by molar-refractivity contribution is 7.99. The van der Waals surface area contributed by atoms with Crippen molar-refractivity contribution in [2.75, 3.05) is 16.9 Å². The molecule has 1 aromatic carbocycles. The molecular weight excluding hydrogens is 366 g/mol. The minimum atomic E-state index is -1.13. The summed E-state index contributed by atoms with van der Waals surface area (Å²) in [5.41, 5.74) is 2.75. The maximum Gasteiger partial charge on any atom is 0.335 e. The first-order valence-electron chi connectivity index (χ1n) is 8.33. The van der Waals surface area contributed by atoms with Crippen molar-refractivity contribution in [2.24, 2.45) is 0 Å². The average Bonchev–Trinajstić information content (AvgIpc) is 3.13. The van der Waals surface area contributed by atoms with E-state index in [2.05, 4.69) is 10.3 Å². The Morgan fingerprint density at radius 3 is 2.70 bits per heavy atom. The molecule has 1 saturated heterocycles. The van der Waals surface area contributed by atoms with Gasteiger partial charge in [0.1, 0.15) is 11.7 Å². The molecule has 2 N–H and O–H groups in total. The number of carbonyl (C=O) groups excluding carboxylic acids is 2. The summed E-state index contributed by atoms with van der Waals surface area (Å²) in [6.07, 6.45) is 1.28. The molecule has 2 amide bonds. The van der Waals surface area contributed by atoms with Crippen LogP contribution >= 0.6 is 11.8 Å². The number of aromatic nitrogens is 1.